The molecule has 2 amide bonds. The number of thioether (sulfide) groups is 1. The molecule has 1 heterocycles. The lowest BCUT2D eigenvalue weighted by molar-refractivity contribution is -0.139. The van der Waals surface area contributed by atoms with E-state index >= 15 is 0 Å². The van der Waals surface area contributed by atoms with Crippen LogP contribution in [0.5, 0.6) is 0 Å². The Bertz CT molecular complexity index is 488. The standard InChI is InChI=1S/C12H17N3O3S2/c1-19-5-4-8(10(16)17)13-11(18)15-12-14-9(6-20-12)7-2-3-7/h6-8H,2-5H2,1H3,(H,16,17)(H2,13,14,15,18)/t8-/m0/s1. The number of nitrogens with zero attached hydrogens (tertiary/aromatic N) is 1. The van der Waals surface area contributed by atoms with Gasteiger partial charge in [0.05, 0.1) is 5.69 Å². The van der Waals surface area contributed by atoms with Crippen molar-refractivity contribution in [2.24, 2.45) is 0 Å². The molecule has 0 radical (unpaired) electrons. The van der Waals surface area contributed by atoms with Gasteiger partial charge in [0.2, 0.25) is 0 Å². The fourth-order valence-electron chi connectivity index (χ4n) is 1.69. The number of aromatic nitrogens is 1. The van der Waals surface area contributed by atoms with Crippen LogP contribution in [-0.2, 0) is 4.79 Å². The van der Waals surface area contributed by atoms with Gasteiger partial charge in [-0.3, -0.25) is 5.32 Å². The molecule has 0 spiro atoms. The van der Waals surface area contributed by atoms with E-state index in [1.165, 1.54) is 11.3 Å². The number of hydrogen-bond donors (Lipinski definition) is 3. The SMILES string of the molecule is CSCC[C@H](NC(=O)Nc1nc(C2CC2)cs1)C(=O)O. The van der Waals surface area contributed by atoms with E-state index in [4.69, 9.17) is 5.11 Å². The average Bonchev–Trinajstić information content (AvgIpc) is 3.15. The van der Waals surface area contributed by atoms with Crippen molar-refractivity contribution in [2.75, 3.05) is 17.3 Å². The van der Waals surface area contributed by atoms with Crippen molar-refractivity contribution in [3.8, 4) is 0 Å². The Morgan fingerprint density at radius 1 is 1.60 bits per heavy atom. The van der Waals surface area contributed by atoms with Crippen molar-refractivity contribution in [1.29, 1.82) is 0 Å². The summed E-state index contributed by atoms with van der Waals surface area (Å²) in [6, 6.07) is -1.39. The fourth-order valence-corrected chi connectivity index (χ4v) is 2.95. The van der Waals surface area contributed by atoms with Crippen LogP contribution in [0.3, 0.4) is 0 Å². The maximum absolute atomic E-state index is 11.8. The van der Waals surface area contributed by atoms with Gasteiger partial charge in [-0.25, -0.2) is 14.6 Å². The Kier molecular flexibility index (Phi) is 5.24. The number of carbonyl (C=O) groups excluding carboxylic acids is 1. The van der Waals surface area contributed by atoms with E-state index in [1.807, 2.05) is 11.6 Å². The third-order valence-electron chi connectivity index (χ3n) is 2.95. The molecule has 3 N–H and O–H groups in total. The maximum Gasteiger partial charge on any atom is 0.326 e. The van der Waals surface area contributed by atoms with Gasteiger partial charge in [0.15, 0.2) is 5.13 Å². The van der Waals surface area contributed by atoms with Crippen LogP contribution in [0, 0.1) is 0 Å². The smallest absolute Gasteiger partial charge is 0.326 e. The summed E-state index contributed by atoms with van der Waals surface area (Å²) >= 11 is 2.91. The largest absolute Gasteiger partial charge is 0.480 e. The van der Waals surface area contributed by atoms with Crippen molar-refractivity contribution >= 4 is 40.2 Å². The number of carbonyl (C=O) groups is 2. The summed E-state index contributed by atoms with van der Waals surface area (Å²) < 4.78 is 0. The molecule has 1 fully saturated rings. The first-order valence-electron chi connectivity index (χ1n) is 6.35. The molecule has 1 atom stereocenters. The number of aliphatic carboxylic acids is 1. The number of urea groups is 1. The highest BCUT2D eigenvalue weighted by atomic mass is 32.2. The molecule has 2 rings (SSSR count). The molecule has 6 nitrogen and oxygen atoms in total. The van der Waals surface area contributed by atoms with Crippen LogP contribution in [0.2, 0.25) is 0 Å². The molecule has 20 heavy (non-hydrogen) atoms. The second-order valence-corrected chi connectivity index (χ2v) is 6.47. The molecule has 1 saturated carbocycles. The van der Waals surface area contributed by atoms with Gasteiger partial charge in [0, 0.05) is 11.3 Å². The van der Waals surface area contributed by atoms with Crippen LogP contribution in [0.25, 0.3) is 0 Å². The van der Waals surface area contributed by atoms with Crippen LogP contribution >= 0.6 is 23.1 Å². The zero-order valence-corrected chi connectivity index (χ0v) is 12.7. The number of nitrogens with one attached hydrogen (secondary N) is 2. The van der Waals surface area contributed by atoms with Crippen LogP contribution in [0.1, 0.15) is 30.9 Å². The minimum atomic E-state index is -1.02. The van der Waals surface area contributed by atoms with Gasteiger partial charge in [-0.05, 0) is 31.3 Å². The number of hydrogen-bond acceptors (Lipinski definition) is 5. The number of carboxylic acid groups (broad SMARTS) is 1. The number of thiazole rings is 1. The lowest BCUT2D eigenvalue weighted by Gasteiger charge is -2.13. The molecule has 8 heteroatoms. The van der Waals surface area contributed by atoms with Gasteiger partial charge >= 0.3 is 12.0 Å². The van der Waals surface area contributed by atoms with E-state index < -0.39 is 18.0 Å². The summed E-state index contributed by atoms with van der Waals surface area (Å²) in [5.74, 6) is 0.200. The quantitative estimate of drug-likeness (QED) is 0.718. The zero-order valence-electron chi connectivity index (χ0n) is 11.1. The summed E-state index contributed by atoms with van der Waals surface area (Å²) in [6.45, 7) is 0. The Balaban J connectivity index is 1.84. The van der Waals surface area contributed by atoms with Gasteiger partial charge in [0.25, 0.3) is 0 Å². The molecule has 1 aliphatic carbocycles. The summed E-state index contributed by atoms with van der Waals surface area (Å²) in [7, 11) is 0. The lowest BCUT2D eigenvalue weighted by atomic mass is 10.2. The zero-order chi connectivity index (χ0) is 14.5. The van der Waals surface area contributed by atoms with Crippen LogP contribution in [-0.4, -0.2) is 40.1 Å². The van der Waals surface area contributed by atoms with E-state index in [-0.39, 0.29) is 0 Å². The van der Waals surface area contributed by atoms with Crippen molar-refractivity contribution < 1.29 is 14.7 Å². The summed E-state index contributed by atoms with van der Waals surface area (Å²) in [5.41, 5.74) is 1.02. The molecule has 0 saturated heterocycles. The number of carboxylic acids is 1. The van der Waals surface area contributed by atoms with Gasteiger partial charge in [-0.2, -0.15) is 11.8 Å². The Labute approximate surface area is 125 Å². The fraction of sp³-hybridized carbons (Fsp3) is 0.583. The van der Waals surface area contributed by atoms with Crippen molar-refractivity contribution in [1.82, 2.24) is 10.3 Å². The minimum Gasteiger partial charge on any atom is -0.480 e. The second kappa shape index (κ2) is 6.94. The van der Waals surface area contributed by atoms with Gasteiger partial charge in [-0.15, -0.1) is 11.3 Å². The third kappa shape index (κ3) is 4.38. The van der Waals surface area contributed by atoms with Gasteiger partial charge in [-0.1, -0.05) is 0 Å². The van der Waals surface area contributed by atoms with Crippen LogP contribution < -0.4 is 10.6 Å². The first-order chi connectivity index (χ1) is 9.60. The molecule has 110 valence electrons. The molecule has 1 aromatic heterocycles. The molecule has 0 aliphatic heterocycles. The molecular weight excluding hydrogens is 298 g/mol. The van der Waals surface area contributed by atoms with Crippen molar-refractivity contribution in [3.05, 3.63) is 11.1 Å². The molecule has 0 unspecified atom stereocenters. The van der Waals surface area contributed by atoms with E-state index in [2.05, 4.69) is 15.6 Å². The highest BCUT2D eigenvalue weighted by Gasteiger charge is 2.26. The summed E-state index contributed by atoms with van der Waals surface area (Å²) in [4.78, 5) is 27.1. The van der Waals surface area contributed by atoms with Crippen LogP contribution in [0.4, 0.5) is 9.93 Å². The first kappa shape index (κ1) is 15.1. The molecule has 0 aromatic carbocycles. The van der Waals surface area contributed by atoms with Gasteiger partial charge < -0.3 is 10.4 Å². The molecule has 1 aliphatic rings. The normalized spacial score (nSPS) is 15.7. The highest BCUT2D eigenvalue weighted by Crippen LogP contribution is 2.40. The highest BCUT2D eigenvalue weighted by molar-refractivity contribution is 7.98. The number of rotatable bonds is 7. The lowest BCUT2D eigenvalue weighted by Crippen LogP contribution is -2.43. The average molecular weight is 315 g/mol. The van der Waals surface area contributed by atoms with Crippen LogP contribution in [0.15, 0.2) is 5.38 Å². The molecular formula is C12H17N3O3S2. The molecule has 0 bridgehead atoms. The van der Waals surface area contributed by atoms with E-state index in [0.29, 0.717) is 23.2 Å². The Hall–Kier alpha value is -1.28. The number of amides is 2. The predicted molar refractivity (Wildman–Crippen MR) is 80.7 cm³/mol. The Morgan fingerprint density at radius 2 is 2.35 bits per heavy atom. The minimum absolute atomic E-state index is 0.398. The first-order valence-corrected chi connectivity index (χ1v) is 8.62. The second-order valence-electron chi connectivity index (χ2n) is 4.62. The van der Waals surface area contributed by atoms with E-state index in [1.54, 1.807) is 11.8 Å². The molecule has 1 aromatic rings. The summed E-state index contributed by atoms with van der Waals surface area (Å²) in [5, 5.41) is 16.5. The summed E-state index contributed by atoms with van der Waals surface area (Å²) in [6.07, 6.45) is 4.61. The third-order valence-corrected chi connectivity index (χ3v) is 4.37. The monoisotopic (exact) mass is 315 g/mol. The maximum atomic E-state index is 11.8. The van der Waals surface area contributed by atoms with Gasteiger partial charge in [0.1, 0.15) is 6.04 Å². The van der Waals surface area contributed by atoms with Crippen molar-refractivity contribution in [2.45, 2.75) is 31.2 Å². The van der Waals surface area contributed by atoms with E-state index in [9.17, 15) is 9.59 Å². The Morgan fingerprint density at radius 3 is 2.95 bits per heavy atom. The number of anilines is 1. The predicted octanol–water partition coefficient (Wildman–Crippen LogP) is 2.35. The topological polar surface area (TPSA) is 91.3 Å². The van der Waals surface area contributed by atoms with Crippen molar-refractivity contribution in [3.63, 3.8) is 0 Å². The van der Waals surface area contributed by atoms with E-state index in [0.717, 1.165) is 18.5 Å².